The van der Waals surface area contributed by atoms with Crippen molar-refractivity contribution in [3.8, 4) is 24.7 Å². The van der Waals surface area contributed by atoms with E-state index in [1.54, 1.807) is 39.1 Å². The summed E-state index contributed by atoms with van der Waals surface area (Å²) in [6.07, 6.45) is 10.8. The lowest BCUT2D eigenvalue weighted by Gasteiger charge is -2.36. The van der Waals surface area contributed by atoms with E-state index < -0.39 is 19.8 Å². The van der Waals surface area contributed by atoms with Crippen LogP contribution in [0.1, 0.15) is 27.7 Å². The van der Waals surface area contributed by atoms with Gasteiger partial charge < -0.3 is 8.85 Å². The van der Waals surface area contributed by atoms with Crippen molar-refractivity contribution < 1.29 is 8.85 Å². The van der Waals surface area contributed by atoms with Crippen LogP contribution >= 0.6 is 0 Å². The highest BCUT2D eigenvalue weighted by Crippen LogP contribution is 2.24. The molecule has 0 N–H and O–H groups in total. The van der Waals surface area contributed by atoms with E-state index in [2.05, 4.69) is 25.0 Å². The third kappa shape index (κ3) is 4.62. The van der Waals surface area contributed by atoms with Gasteiger partial charge in [0, 0.05) is 0 Å². The van der Waals surface area contributed by atoms with Gasteiger partial charge in [-0.15, -0.1) is 26.0 Å². The van der Waals surface area contributed by atoms with E-state index in [9.17, 15) is 0 Å². The number of hydrogen-bond donors (Lipinski definition) is 0. The quantitative estimate of drug-likeness (QED) is 0.531. The molecule has 0 unspecified atom stereocenters. The van der Waals surface area contributed by atoms with Gasteiger partial charge in [0.2, 0.25) is 0 Å². The van der Waals surface area contributed by atoms with Gasteiger partial charge in [-0.2, -0.15) is 0 Å². The molecule has 0 heterocycles. The first kappa shape index (κ1) is 15.7. The fourth-order valence-electron chi connectivity index (χ4n) is 1.13. The predicted octanol–water partition coefficient (Wildman–Crippen LogP) is 2.74. The molecule has 0 aromatic rings. The van der Waals surface area contributed by atoms with Gasteiger partial charge in [-0.3, -0.25) is 0 Å². The maximum atomic E-state index is 5.86. The molecule has 0 rings (SSSR count). The maximum Gasteiger partial charge on any atom is 0.393 e. The molecular formula is C14H20O2Si. The first-order valence-corrected chi connectivity index (χ1v) is 7.26. The smallest absolute Gasteiger partial charge is 0.372 e. The van der Waals surface area contributed by atoms with Crippen LogP contribution in [0.3, 0.4) is 0 Å². The molecule has 92 valence electrons. The van der Waals surface area contributed by atoms with Crippen LogP contribution < -0.4 is 0 Å². The van der Waals surface area contributed by atoms with Gasteiger partial charge in [-0.1, -0.05) is 11.8 Å². The molecule has 0 saturated heterocycles. The fraction of sp³-hybridized carbons (Fsp3) is 0.429. The summed E-state index contributed by atoms with van der Waals surface area (Å²) in [4.78, 5) is 0. The van der Waals surface area contributed by atoms with E-state index in [-0.39, 0.29) is 0 Å². The third-order valence-corrected chi connectivity index (χ3v) is 4.89. The van der Waals surface area contributed by atoms with Gasteiger partial charge in [0.15, 0.2) is 0 Å². The summed E-state index contributed by atoms with van der Waals surface area (Å²) in [5.74, 6) is 5.11. The van der Waals surface area contributed by atoms with Crippen molar-refractivity contribution in [3.05, 3.63) is 24.6 Å². The van der Waals surface area contributed by atoms with Gasteiger partial charge in [-0.25, -0.2) is 0 Å². The molecule has 0 aromatic heterocycles. The lowest BCUT2D eigenvalue weighted by Crippen LogP contribution is -2.50. The minimum atomic E-state index is -2.81. The van der Waals surface area contributed by atoms with Gasteiger partial charge >= 0.3 is 8.56 Å². The second kappa shape index (κ2) is 5.38. The second-order valence-corrected chi connectivity index (χ2v) is 7.31. The minimum absolute atomic E-state index is 0.751. The maximum absolute atomic E-state index is 5.86. The highest BCUT2D eigenvalue weighted by Gasteiger charge is 2.41. The van der Waals surface area contributed by atoms with Crippen LogP contribution in [0.5, 0.6) is 0 Å². The lowest BCUT2D eigenvalue weighted by molar-refractivity contribution is 0.0625. The largest absolute Gasteiger partial charge is 0.393 e. The molecule has 0 saturated carbocycles. The Bertz CT molecular complexity index is 342. The highest BCUT2D eigenvalue weighted by atomic mass is 28.4. The Morgan fingerprint density at radius 2 is 1.24 bits per heavy atom. The Kier molecular flexibility index (Phi) is 4.98. The molecule has 0 fully saturated rings. The van der Waals surface area contributed by atoms with Crippen molar-refractivity contribution in [2.75, 3.05) is 0 Å². The molecule has 0 bridgehead atoms. The number of hydrogen-bond acceptors (Lipinski definition) is 2. The zero-order valence-electron chi connectivity index (χ0n) is 11.0. The summed E-state index contributed by atoms with van der Waals surface area (Å²) < 4.78 is 11.7. The summed E-state index contributed by atoms with van der Waals surface area (Å²) in [6.45, 7) is 14.6. The average Bonchev–Trinajstić information content (AvgIpc) is 2.27. The zero-order valence-corrected chi connectivity index (χ0v) is 12.0. The van der Waals surface area contributed by atoms with Crippen molar-refractivity contribution in [1.82, 2.24) is 0 Å². The van der Waals surface area contributed by atoms with E-state index in [1.165, 1.54) is 0 Å². The van der Waals surface area contributed by atoms with Gasteiger partial charge in [0.25, 0.3) is 0 Å². The van der Waals surface area contributed by atoms with Gasteiger partial charge in [0.05, 0.1) is 0 Å². The first-order chi connectivity index (χ1) is 7.66. The van der Waals surface area contributed by atoms with Crippen LogP contribution in [-0.4, -0.2) is 19.8 Å². The van der Waals surface area contributed by atoms with Crippen LogP contribution in [0, 0.1) is 24.7 Å². The Morgan fingerprint density at radius 1 is 0.941 bits per heavy atom. The van der Waals surface area contributed by atoms with E-state index in [0.717, 1.165) is 0 Å². The molecule has 0 atom stereocenters. The molecule has 17 heavy (non-hydrogen) atoms. The van der Waals surface area contributed by atoms with Crippen molar-refractivity contribution in [2.45, 2.75) is 38.9 Å². The van der Waals surface area contributed by atoms with Gasteiger partial charge in [-0.05, 0) is 39.1 Å². The molecular weight excluding hydrogens is 228 g/mol. The van der Waals surface area contributed by atoms with E-state index in [1.807, 2.05) is 0 Å². The summed E-state index contributed by atoms with van der Waals surface area (Å²) in [5.41, 5.74) is 1.74. The van der Waals surface area contributed by atoms with E-state index in [0.29, 0.717) is 0 Å². The van der Waals surface area contributed by atoms with Crippen LogP contribution in [0.15, 0.2) is 24.6 Å². The molecule has 0 amide bonds. The topological polar surface area (TPSA) is 18.5 Å². The molecule has 0 spiro atoms. The summed E-state index contributed by atoms with van der Waals surface area (Å²) in [5, 5.41) is 0. The highest BCUT2D eigenvalue weighted by molar-refractivity contribution is 6.77. The SMILES string of the molecule is C#CC(C)(C)O[Si](C=C)(C=C)OC(C)(C)C#C. The van der Waals surface area contributed by atoms with Gasteiger partial charge in [0.1, 0.15) is 11.2 Å². The summed E-state index contributed by atoms with van der Waals surface area (Å²) >= 11 is 0. The molecule has 0 aliphatic carbocycles. The van der Waals surface area contributed by atoms with Crippen LogP contribution in [0.4, 0.5) is 0 Å². The molecule has 0 aliphatic heterocycles. The molecule has 3 heteroatoms. The monoisotopic (exact) mass is 248 g/mol. The van der Waals surface area contributed by atoms with Crippen molar-refractivity contribution >= 4 is 8.56 Å². The van der Waals surface area contributed by atoms with Crippen molar-refractivity contribution in [3.63, 3.8) is 0 Å². The number of rotatable bonds is 6. The van der Waals surface area contributed by atoms with Crippen molar-refractivity contribution in [1.29, 1.82) is 0 Å². The first-order valence-electron chi connectivity index (χ1n) is 5.29. The van der Waals surface area contributed by atoms with Crippen LogP contribution in [0.25, 0.3) is 0 Å². The normalized spacial score (nSPS) is 12.4. The Balaban J connectivity index is 5.22. The van der Waals surface area contributed by atoms with E-state index >= 15 is 0 Å². The molecule has 0 radical (unpaired) electrons. The van der Waals surface area contributed by atoms with Crippen LogP contribution in [-0.2, 0) is 8.85 Å². The average molecular weight is 248 g/mol. The zero-order chi connectivity index (χ0) is 13.7. The molecule has 0 aliphatic rings. The minimum Gasteiger partial charge on any atom is -0.372 e. The second-order valence-electron chi connectivity index (χ2n) is 4.64. The van der Waals surface area contributed by atoms with Crippen LogP contribution in [0.2, 0.25) is 0 Å². The molecule has 0 aromatic carbocycles. The van der Waals surface area contributed by atoms with E-state index in [4.69, 9.17) is 21.7 Å². The Hall–Kier alpha value is -1.26. The fourth-order valence-corrected chi connectivity index (χ4v) is 3.38. The summed E-state index contributed by atoms with van der Waals surface area (Å²) in [6, 6.07) is 0. The Morgan fingerprint density at radius 3 is 1.41 bits per heavy atom. The lowest BCUT2D eigenvalue weighted by atomic mass is 10.2. The Labute approximate surface area is 106 Å². The third-order valence-electron chi connectivity index (χ3n) is 2.09. The van der Waals surface area contributed by atoms with Crippen molar-refractivity contribution in [2.24, 2.45) is 0 Å². The molecule has 2 nitrogen and oxygen atoms in total. The predicted molar refractivity (Wildman–Crippen MR) is 74.1 cm³/mol. The summed E-state index contributed by atoms with van der Waals surface area (Å²) in [7, 11) is -2.81. The standard InChI is InChI=1S/C14H20O2Si/c1-9-13(5,6)15-17(11-3,12-4)16-14(7,8)10-2/h1-2,11-12H,3-4H2,5-8H3. The number of terminal acetylenes is 2.